The summed E-state index contributed by atoms with van der Waals surface area (Å²) in [5, 5.41) is 8.95. The van der Waals surface area contributed by atoms with Crippen LogP contribution in [0.4, 0.5) is 8.78 Å². The first-order valence-corrected chi connectivity index (χ1v) is 5.95. The van der Waals surface area contributed by atoms with Crippen LogP contribution in [0.2, 0.25) is 0 Å². The molecule has 2 aromatic carbocycles. The molecule has 0 radical (unpaired) electrons. The molecule has 0 bridgehead atoms. The summed E-state index contributed by atoms with van der Waals surface area (Å²) in [6.07, 6.45) is 0.480. The van der Waals surface area contributed by atoms with E-state index in [9.17, 15) is 8.78 Å². The molecule has 2 aromatic rings. The molecule has 0 aromatic heterocycles. The Balaban J connectivity index is 2.09. The van der Waals surface area contributed by atoms with E-state index in [0.717, 1.165) is 11.6 Å². The van der Waals surface area contributed by atoms with Crippen LogP contribution in [0.25, 0.3) is 0 Å². The van der Waals surface area contributed by atoms with E-state index in [2.05, 4.69) is 0 Å². The number of hydrogen-bond donors (Lipinski definition) is 1. The van der Waals surface area contributed by atoms with Gasteiger partial charge in [-0.05, 0) is 35.7 Å². The monoisotopic (exact) mass is 264 g/mol. The summed E-state index contributed by atoms with van der Waals surface area (Å²) >= 11 is 0. The van der Waals surface area contributed by atoms with Gasteiger partial charge in [0.05, 0.1) is 0 Å². The normalized spacial score (nSPS) is 10.5. The van der Waals surface area contributed by atoms with Crippen LogP contribution in [-0.4, -0.2) is 11.7 Å². The first-order valence-electron chi connectivity index (χ1n) is 5.95. The lowest BCUT2D eigenvalue weighted by Crippen LogP contribution is -2.01. The van der Waals surface area contributed by atoms with Gasteiger partial charge >= 0.3 is 0 Å². The molecule has 0 fully saturated rings. The molecule has 0 heterocycles. The quantitative estimate of drug-likeness (QED) is 0.899. The van der Waals surface area contributed by atoms with Gasteiger partial charge in [-0.25, -0.2) is 8.78 Å². The van der Waals surface area contributed by atoms with Gasteiger partial charge in [0.1, 0.15) is 24.0 Å². The summed E-state index contributed by atoms with van der Waals surface area (Å²) in [6, 6.07) is 10.6. The number of para-hydroxylation sites is 1. The Labute approximate surface area is 110 Å². The summed E-state index contributed by atoms with van der Waals surface area (Å²) in [7, 11) is 0. The van der Waals surface area contributed by atoms with E-state index in [-0.39, 0.29) is 13.2 Å². The van der Waals surface area contributed by atoms with E-state index in [1.165, 1.54) is 12.1 Å². The predicted molar refractivity (Wildman–Crippen MR) is 67.9 cm³/mol. The van der Waals surface area contributed by atoms with Crippen molar-refractivity contribution in [3.05, 3.63) is 65.2 Å². The summed E-state index contributed by atoms with van der Waals surface area (Å²) < 4.78 is 31.6. The number of aliphatic hydroxyl groups excluding tert-OH is 1. The standard InChI is InChI=1S/C15H14F2O2/c16-13-7-11(8-14(17)9-13)10-19-15-4-2-1-3-12(15)5-6-18/h1-4,7-9,18H,5-6,10H2. The highest BCUT2D eigenvalue weighted by atomic mass is 19.1. The van der Waals surface area contributed by atoms with Crippen molar-refractivity contribution in [3.8, 4) is 5.75 Å². The molecule has 0 saturated carbocycles. The molecular formula is C15H14F2O2. The van der Waals surface area contributed by atoms with Gasteiger partial charge in [-0.15, -0.1) is 0 Å². The molecule has 0 unspecified atom stereocenters. The third-order valence-corrected chi connectivity index (χ3v) is 2.67. The fourth-order valence-corrected chi connectivity index (χ4v) is 1.83. The summed E-state index contributed by atoms with van der Waals surface area (Å²) in [5.41, 5.74) is 1.29. The number of benzene rings is 2. The number of ether oxygens (including phenoxy) is 1. The first kappa shape index (κ1) is 13.5. The van der Waals surface area contributed by atoms with Gasteiger partial charge in [-0.3, -0.25) is 0 Å². The molecule has 2 rings (SSSR count). The van der Waals surface area contributed by atoms with Crippen LogP contribution in [0.1, 0.15) is 11.1 Å². The third-order valence-electron chi connectivity index (χ3n) is 2.67. The van der Waals surface area contributed by atoms with Crippen molar-refractivity contribution in [1.82, 2.24) is 0 Å². The van der Waals surface area contributed by atoms with Crippen LogP contribution in [-0.2, 0) is 13.0 Å². The molecule has 4 heteroatoms. The zero-order chi connectivity index (χ0) is 13.7. The van der Waals surface area contributed by atoms with Crippen LogP contribution in [0.5, 0.6) is 5.75 Å². The minimum absolute atomic E-state index is 0.0228. The van der Waals surface area contributed by atoms with Crippen molar-refractivity contribution < 1.29 is 18.6 Å². The van der Waals surface area contributed by atoms with Crippen LogP contribution in [0.15, 0.2) is 42.5 Å². The van der Waals surface area contributed by atoms with Gasteiger partial charge in [-0.1, -0.05) is 18.2 Å². The first-order chi connectivity index (χ1) is 9.19. The summed E-state index contributed by atoms with van der Waals surface area (Å²) in [5.74, 6) is -0.634. The Morgan fingerprint density at radius 2 is 1.68 bits per heavy atom. The van der Waals surface area contributed by atoms with Crippen molar-refractivity contribution in [2.24, 2.45) is 0 Å². The van der Waals surface area contributed by atoms with Gasteiger partial charge in [0.15, 0.2) is 0 Å². The van der Waals surface area contributed by atoms with E-state index < -0.39 is 11.6 Å². The average Bonchev–Trinajstić information content (AvgIpc) is 2.37. The van der Waals surface area contributed by atoms with Crippen LogP contribution < -0.4 is 4.74 Å². The second kappa shape index (κ2) is 6.29. The molecule has 1 N–H and O–H groups in total. The molecule has 0 saturated heterocycles. The highest BCUT2D eigenvalue weighted by Gasteiger charge is 2.05. The molecule has 2 nitrogen and oxygen atoms in total. The molecule has 0 aliphatic rings. The smallest absolute Gasteiger partial charge is 0.126 e. The third kappa shape index (κ3) is 3.76. The predicted octanol–water partition coefficient (Wildman–Crippen LogP) is 3.08. The fraction of sp³-hybridized carbons (Fsp3) is 0.200. The number of halogens is 2. The Morgan fingerprint density at radius 1 is 1.00 bits per heavy atom. The maximum absolute atomic E-state index is 13.0. The Morgan fingerprint density at radius 3 is 2.37 bits per heavy atom. The zero-order valence-electron chi connectivity index (χ0n) is 10.3. The van der Waals surface area contributed by atoms with Crippen molar-refractivity contribution in [1.29, 1.82) is 0 Å². The van der Waals surface area contributed by atoms with Crippen molar-refractivity contribution in [3.63, 3.8) is 0 Å². The molecule has 0 spiro atoms. The van der Waals surface area contributed by atoms with E-state index >= 15 is 0 Å². The van der Waals surface area contributed by atoms with Crippen molar-refractivity contribution in [2.75, 3.05) is 6.61 Å². The van der Waals surface area contributed by atoms with Crippen LogP contribution in [0, 0.1) is 11.6 Å². The van der Waals surface area contributed by atoms with Crippen molar-refractivity contribution >= 4 is 0 Å². The Hall–Kier alpha value is -1.94. The molecule has 19 heavy (non-hydrogen) atoms. The van der Waals surface area contributed by atoms with E-state index in [4.69, 9.17) is 9.84 Å². The molecule has 0 amide bonds. The number of hydrogen-bond acceptors (Lipinski definition) is 2. The van der Waals surface area contributed by atoms with E-state index in [0.29, 0.717) is 17.7 Å². The summed E-state index contributed by atoms with van der Waals surface area (Å²) in [6.45, 7) is 0.103. The SMILES string of the molecule is OCCc1ccccc1OCc1cc(F)cc(F)c1. The van der Waals surface area contributed by atoms with Crippen molar-refractivity contribution in [2.45, 2.75) is 13.0 Å². The maximum Gasteiger partial charge on any atom is 0.126 e. The number of aliphatic hydroxyl groups is 1. The van der Waals surface area contributed by atoms with E-state index in [1.54, 1.807) is 6.07 Å². The lowest BCUT2D eigenvalue weighted by atomic mass is 10.1. The maximum atomic E-state index is 13.0. The second-order valence-electron chi connectivity index (χ2n) is 4.15. The summed E-state index contributed by atoms with van der Waals surface area (Å²) in [4.78, 5) is 0. The van der Waals surface area contributed by atoms with Gasteiger partial charge in [-0.2, -0.15) is 0 Å². The topological polar surface area (TPSA) is 29.5 Å². The van der Waals surface area contributed by atoms with Crippen LogP contribution >= 0.6 is 0 Å². The van der Waals surface area contributed by atoms with Gasteiger partial charge < -0.3 is 9.84 Å². The second-order valence-corrected chi connectivity index (χ2v) is 4.15. The minimum atomic E-state index is -0.623. The largest absolute Gasteiger partial charge is 0.489 e. The molecule has 0 aliphatic carbocycles. The Bertz CT molecular complexity index is 535. The van der Waals surface area contributed by atoms with Gasteiger partial charge in [0.25, 0.3) is 0 Å². The highest BCUT2D eigenvalue weighted by Crippen LogP contribution is 2.20. The average molecular weight is 264 g/mol. The lowest BCUT2D eigenvalue weighted by molar-refractivity contribution is 0.283. The molecule has 100 valence electrons. The fourth-order valence-electron chi connectivity index (χ4n) is 1.83. The minimum Gasteiger partial charge on any atom is -0.489 e. The zero-order valence-corrected chi connectivity index (χ0v) is 10.3. The van der Waals surface area contributed by atoms with Gasteiger partial charge in [0.2, 0.25) is 0 Å². The van der Waals surface area contributed by atoms with Crippen LogP contribution in [0.3, 0.4) is 0 Å². The Kier molecular flexibility index (Phi) is 4.47. The lowest BCUT2D eigenvalue weighted by Gasteiger charge is -2.11. The molecular weight excluding hydrogens is 250 g/mol. The van der Waals surface area contributed by atoms with E-state index in [1.807, 2.05) is 18.2 Å². The van der Waals surface area contributed by atoms with Gasteiger partial charge in [0, 0.05) is 12.7 Å². The highest BCUT2D eigenvalue weighted by molar-refractivity contribution is 5.33. The molecule has 0 atom stereocenters. The number of rotatable bonds is 5. The molecule has 0 aliphatic heterocycles.